The summed E-state index contributed by atoms with van der Waals surface area (Å²) in [5.41, 5.74) is 2.62. The summed E-state index contributed by atoms with van der Waals surface area (Å²) < 4.78 is 1.93. The molecule has 0 spiro atoms. The molecule has 6 heteroatoms. The van der Waals surface area contributed by atoms with E-state index in [0.717, 1.165) is 51.4 Å². The maximum Gasteiger partial charge on any atom is 0.170 e. The number of aryl methyl sites for hydroxylation is 1. The normalized spacial score (nSPS) is 14.8. The SMILES string of the molecule is CCCCn1nnnc1CN1CCNCc2ccccc21. The van der Waals surface area contributed by atoms with Crippen molar-refractivity contribution in [3.05, 3.63) is 35.7 Å². The predicted octanol–water partition coefficient (Wildman–Crippen LogP) is 1.58. The monoisotopic (exact) mass is 286 g/mol. The van der Waals surface area contributed by atoms with Gasteiger partial charge in [-0.05, 0) is 28.5 Å². The van der Waals surface area contributed by atoms with Crippen LogP contribution in [0.4, 0.5) is 5.69 Å². The van der Waals surface area contributed by atoms with Crippen LogP contribution in [0.5, 0.6) is 0 Å². The largest absolute Gasteiger partial charge is 0.362 e. The number of nitrogens with zero attached hydrogens (tertiary/aromatic N) is 5. The van der Waals surface area contributed by atoms with E-state index in [1.165, 1.54) is 11.3 Å². The maximum atomic E-state index is 4.21. The van der Waals surface area contributed by atoms with Crippen molar-refractivity contribution >= 4 is 5.69 Å². The minimum atomic E-state index is 0.759. The van der Waals surface area contributed by atoms with E-state index in [-0.39, 0.29) is 0 Å². The van der Waals surface area contributed by atoms with Crippen LogP contribution in [0.1, 0.15) is 31.2 Å². The number of aromatic nitrogens is 4. The summed E-state index contributed by atoms with van der Waals surface area (Å²) in [5.74, 6) is 0.945. The molecule has 0 aliphatic carbocycles. The third kappa shape index (κ3) is 3.21. The molecule has 1 aromatic heterocycles. The molecule has 0 unspecified atom stereocenters. The minimum absolute atomic E-state index is 0.759. The Hall–Kier alpha value is -1.95. The van der Waals surface area contributed by atoms with Crippen LogP contribution in [0.15, 0.2) is 24.3 Å². The second-order valence-corrected chi connectivity index (χ2v) is 5.40. The molecule has 1 aromatic carbocycles. The Morgan fingerprint density at radius 1 is 1.29 bits per heavy atom. The summed E-state index contributed by atoms with van der Waals surface area (Å²) in [5, 5.41) is 15.6. The van der Waals surface area contributed by atoms with Crippen molar-refractivity contribution in [3.8, 4) is 0 Å². The second kappa shape index (κ2) is 6.67. The number of hydrogen-bond donors (Lipinski definition) is 1. The maximum absolute atomic E-state index is 4.21. The zero-order valence-electron chi connectivity index (χ0n) is 12.5. The van der Waals surface area contributed by atoms with E-state index < -0.39 is 0 Å². The molecule has 3 rings (SSSR count). The van der Waals surface area contributed by atoms with Crippen molar-refractivity contribution in [1.82, 2.24) is 25.5 Å². The zero-order valence-corrected chi connectivity index (χ0v) is 12.5. The molecule has 2 heterocycles. The Bertz CT molecular complexity index is 579. The van der Waals surface area contributed by atoms with E-state index in [2.05, 4.69) is 56.9 Å². The first kappa shape index (κ1) is 14.0. The van der Waals surface area contributed by atoms with Gasteiger partial charge in [-0.25, -0.2) is 4.68 Å². The van der Waals surface area contributed by atoms with Crippen molar-refractivity contribution in [1.29, 1.82) is 0 Å². The highest BCUT2D eigenvalue weighted by Gasteiger charge is 2.17. The zero-order chi connectivity index (χ0) is 14.5. The highest BCUT2D eigenvalue weighted by Crippen LogP contribution is 2.23. The standard InChI is InChI=1S/C15H22N6/c1-2-3-9-21-15(17-18-19-21)12-20-10-8-16-11-13-6-4-5-7-14(13)20/h4-7,16H,2-3,8-12H2,1H3. The Labute approximate surface area is 125 Å². The molecule has 0 saturated carbocycles. The summed E-state index contributed by atoms with van der Waals surface area (Å²) in [4.78, 5) is 2.36. The fraction of sp³-hybridized carbons (Fsp3) is 0.533. The van der Waals surface area contributed by atoms with E-state index >= 15 is 0 Å². The van der Waals surface area contributed by atoms with Gasteiger partial charge in [0.15, 0.2) is 5.82 Å². The van der Waals surface area contributed by atoms with Gasteiger partial charge in [-0.1, -0.05) is 31.5 Å². The topological polar surface area (TPSA) is 58.9 Å². The van der Waals surface area contributed by atoms with Crippen molar-refractivity contribution < 1.29 is 0 Å². The van der Waals surface area contributed by atoms with E-state index in [9.17, 15) is 0 Å². The number of unbranched alkanes of at least 4 members (excludes halogenated alkanes) is 1. The van der Waals surface area contributed by atoms with Gasteiger partial charge in [-0.15, -0.1) is 5.10 Å². The van der Waals surface area contributed by atoms with E-state index in [1.54, 1.807) is 0 Å². The molecule has 0 bridgehead atoms. The van der Waals surface area contributed by atoms with Crippen molar-refractivity contribution in [2.75, 3.05) is 18.0 Å². The average Bonchev–Trinajstić information content (AvgIpc) is 2.85. The number of rotatable bonds is 5. The van der Waals surface area contributed by atoms with Gasteiger partial charge >= 0.3 is 0 Å². The average molecular weight is 286 g/mol. The Kier molecular flexibility index (Phi) is 4.45. The molecule has 0 amide bonds. The van der Waals surface area contributed by atoms with Crippen LogP contribution < -0.4 is 10.2 Å². The van der Waals surface area contributed by atoms with Gasteiger partial charge in [0.05, 0.1) is 6.54 Å². The summed E-state index contributed by atoms with van der Waals surface area (Å²) >= 11 is 0. The number of hydrogen-bond acceptors (Lipinski definition) is 5. The van der Waals surface area contributed by atoms with Crippen molar-refractivity contribution in [2.45, 2.75) is 39.4 Å². The smallest absolute Gasteiger partial charge is 0.170 e. The molecule has 2 aromatic rings. The molecule has 1 aliphatic rings. The van der Waals surface area contributed by atoms with Gasteiger partial charge in [0.1, 0.15) is 0 Å². The third-order valence-corrected chi connectivity index (χ3v) is 3.87. The number of fused-ring (bicyclic) bond motifs is 1. The van der Waals surface area contributed by atoms with Crippen LogP contribution in [0.2, 0.25) is 0 Å². The van der Waals surface area contributed by atoms with E-state index in [0.29, 0.717) is 0 Å². The Morgan fingerprint density at radius 3 is 3.10 bits per heavy atom. The number of nitrogens with one attached hydrogen (secondary N) is 1. The Morgan fingerprint density at radius 2 is 2.19 bits per heavy atom. The molecule has 6 nitrogen and oxygen atoms in total. The first-order chi connectivity index (χ1) is 10.4. The molecule has 112 valence electrons. The summed E-state index contributed by atoms with van der Waals surface area (Å²) in [7, 11) is 0. The van der Waals surface area contributed by atoms with Crippen LogP contribution in [-0.2, 0) is 19.6 Å². The summed E-state index contributed by atoms with van der Waals surface area (Å²) in [6.45, 7) is 6.71. The number of benzene rings is 1. The van der Waals surface area contributed by atoms with Gasteiger partial charge in [-0.3, -0.25) is 0 Å². The first-order valence-corrected chi connectivity index (χ1v) is 7.67. The highest BCUT2D eigenvalue weighted by molar-refractivity contribution is 5.54. The number of anilines is 1. The van der Waals surface area contributed by atoms with Crippen LogP contribution in [-0.4, -0.2) is 33.3 Å². The van der Waals surface area contributed by atoms with Crippen molar-refractivity contribution in [2.24, 2.45) is 0 Å². The summed E-state index contributed by atoms with van der Waals surface area (Å²) in [6, 6.07) is 8.55. The van der Waals surface area contributed by atoms with Gasteiger partial charge in [0.2, 0.25) is 0 Å². The molecular weight excluding hydrogens is 264 g/mol. The molecule has 0 atom stereocenters. The van der Waals surface area contributed by atoms with Crippen molar-refractivity contribution in [3.63, 3.8) is 0 Å². The highest BCUT2D eigenvalue weighted by atomic mass is 15.5. The molecule has 0 fully saturated rings. The number of tetrazole rings is 1. The van der Waals surface area contributed by atoms with Gasteiger partial charge in [0, 0.05) is 31.9 Å². The molecule has 0 radical (unpaired) electrons. The molecular formula is C15H22N6. The van der Waals surface area contributed by atoms with E-state index in [1.807, 2.05) is 4.68 Å². The lowest BCUT2D eigenvalue weighted by molar-refractivity contribution is 0.527. The molecule has 0 saturated heterocycles. The van der Waals surface area contributed by atoms with Gasteiger partial charge in [-0.2, -0.15) is 0 Å². The van der Waals surface area contributed by atoms with Crippen LogP contribution in [0.25, 0.3) is 0 Å². The van der Waals surface area contributed by atoms with Gasteiger partial charge in [0.25, 0.3) is 0 Å². The lowest BCUT2D eigenvalue weighted by Crippen LogP contribution is -2.29. The predicted molar refractivity (Wildman–Crippen MR) is 81.9 cm³/mol. The Balaban J connectivity index is 1.80. The molecule has 21 heavy (non-hydrogen) atoms. The first-order valence-electron chi connectivity index (χ1n) is 7.67. The fourth-order valence-corrected chi connectivity index (χ4v) is 2.68. The lowest BCUT2D eigenvalue weighted by atomic mass is 10.1. The van der Waals surface area contributed by atoms with Crippen LogP contribution in [0.3, 0.4) is 0 Å². The van der Waals surface area contributed by atoms with Crippen LogP contribution >= 0.6 is 0 Å². The third-order valence-electron chi connectivity index (χ3n) is 3.87. The quantitative estimate of drug-likeness (QED) is 0.904. The van der Waals surface area contributed by atoms with Crippen LogP contribution in [0, 0.1) is 0 Å². The van der Waals surface area contributed by atoms with Gasteiger partial charge < -0.3 is 10.2 Å². The second-order valence-electron chi connectivity index (χ2n) is 5.40. The lowest BCUT2D eigenvalue weighted by Gasteiger charge is -2.23. The fourth-order valence-electron chi connectivity index (χ4n) is 2.68. The molecule has 1 aliphatic heterocycles. The summed E-state index contributed by atoms with van der Waals surface area (Å²) in [6.07, 6.45) is 2.26. The minimum Gasteiger partial charge on any atom is -0.362 e. The number of para-hydroxylation sites is 1. The molecule has 1 N–H and O–H groups in total. The van der Waals surface area contributed by atoms with E-state index in [4.69, 9.17) is 0 Å².